The van der Waals surface area contributed by atoms with Crippen LogP contribution in [0, 0.1) is 0 Å². The second kappa shape index (κ2) is 8.72. The zero-order valence-electron chi connectivity index (χ0n) is 10.0. The first kappa shape index (κ1) is 22.6. The molecule has 1 fully saturated rings. The van der Waals surface area contributed by atoms with Crippen LogP contribution in [0.15, 0.2) is 0 Å². The molecular weight excluding hydrogens is 400 g/mol. The molecule has 5 atom stereocenters. The number of carboxylic acids is 2. The van der Waals surface area contributed by atoms with Crippen LogP contribution in [0.1, 0.15) is 0 Å². The fourth-order valence-corrected chi connectivity index (χ4v) is 4.30. The van der Waals surface area contributed by atoms with Crippen molar-refractivity contribution in [2.24, 2.45) is 0 Å². The van der Waals surface area contributed by atoms with Crippen LogP contribution in [0.3, 0.4) is 0 Å². The van der Waals surface area contributed by atoms with E-state index in [9.17, 15) is 17.7 Å². The molecule has 0 bridgehead atoms. The minimum absolute atomic E-state index is 0. The molecule has 19 heavy (non-hydrogen) atoms. The maximum atomic E-state index is 11.0. The van der Waals surface area contributed by atoms with E-state index in [2.05, 4.69) is 6.03 Å². The monoisotopic (exact) mass is 408 g/mol. The summed E-state index contributed by atoms with van der Waals surface area (Å²) >= 11 is -5.60. The van der Waals surface area contributed by atoms with E-state index >= 15 is 0 Å². The third kappa shape index (κ3) is 5.93. The molecule has 0 spiro atoms. The summed E-state index contributed by atoms with van der Waals surface area (Å²) in [7, 11) is 0. The molecule has 0 amide bonds. The van der Waals surface area contributed by atoms with Crippen molar-refractivity contribution in [3.8, 4) is 0 Å². The molecule has 1 saturated heterocycles. The third-order valence-corrected chi connectivity index (χ3v) is 4.82. The zero-order chi connectivity index (χ0) is 13.4. The SMILES string of the molecule is O=C(O)C(O)C(O)C1[O][Sb](=[O])([OH])[O]C1C(=O)O.[Na].[Na]. The molecule has 10 nitrogen and oxygen atoms in total. The average Bonchev–Trinajstić information content (AvgIpc) is 2.52. The summed E-state index contributed by atoms with van der Waals surface area (Å²) < 4.78 is 28.4. The first-order valence-electron chi connectivity index (χ1n) is 4.17. The fourth-order valence-electron chi connectivity index (χ4n) is 1.19. The number of hydrogen-bond donors (Lipinski definition) is 5. The van der Waals surface area contributed by atoms with Crippen molar-refractivity contribution < 1.29 is 42.4 Å². The molecule has 2 radical (unpaired) electrons. The van der Waals surface area contributed by atoms with Gasteiger partial charge in [0.05, 0.1) is 0 Å². The van der Waals surface area contributed by atoms with E-state index in [4.69, 9.17) is 18.7 Å². The van der Waals surface area contributed by atoms with Crippen LogP contribution in [0.25, 0.3) is 0 Å². The Hall–Kier alpha value is 1.36. The Labute approximate surface area is 156 Å². The Balaban J connectivity index is 0. The number of carbonyl (C=O) groups is 2. The van der Waals surface area contributed by atoms with Crippen molar-refractivity contribution in [3.05, 3.63) is 0 Å². The molecule has 1 rings (SSSR count). The van der Waals surface area contributed by atoms with Gasteiger partial charge in [0.2, 0.25) is 0 Å². The molecule has 1 heterocycles. The van der Waals surface area contributed by atoms with E-state index in [1.807, 2.05) is 0 Å². The van der Waals surface area contributed by atoms with Gasteiger partial charge in [-0.2, -0.15) is 0 Å². The van der Waals surface area contributed by atoms with E-state index in [0.29, 0.717) is 0 Å². The summed E-state index contributed by atoms with van der Waals surface area (Å²) in [5, 5.41) is 35.3. The van der Waals surface area contributed by atoms with Crippen LogP contribution >= 0.6 is 0 Å². The van der Waals surface area contributed by atoms with Gasteiger partial charge in [0.1, 0.15) is 0 Å². The molecule has 1 aliphatic heterocycles. The normalized spacial score (nSPS) is 32.6. The minimum atomic E-state index is -5.60. The van der Waals surface area contributed by atoms with E-state index in [-0.39, 0.29) is 59.1 Å². The van der Waals surface area contributed by atoms with Gasteiger partial charge >= 0.3 is 98.9 Å². The summed E-state index contributed by atoms with van der Waals surface area (Å²) in [6, 6.07) is 0. The maximum absolute atomic E-state index is 11.0. The molecule has 0 aliphatic carbocycles. The van der Waals surface area contributed by atoms with Gasteiger partial charge in [-0.25, -0.2) is 0 Å². The molecule has 0 aromatic heterocycles. The van der Waals surface area contributed by atoms with Crippen LogP contribution in [-0.4, -0.2) is 139 Å². The van der Waals surface area contributed by atoms with Crippen molar-refractivity contribution in [1.29, 1.82) is 0 Å². The molecule has 100 valence electrons. The van der Waals surface area contributed by atoms with Gasteiger partial charge in [-0.15, -0.1) is 0 Å². The summed E-state index contributed by atoms with van der Waals surface area (Å²) in [4.78, 5) is 21.0. The van der Waals surface area contributed by atoms with Crippen molar-refractivity contribution in [1.82, 2.24) is 0 Å². The molecule has 0 saturated carbocycles. The summed E-state index contributed by atoms with van der Waals surface area (Å²) in [5.74, 6) is -3.55. The number of aliphatic carboxylic acids is 2. The number of aliphatic hydroxyl groups is 2. The van der Waals surface area contributed by atoms with Gasteiger partial charge < -0.3 is 0 Å². The molecule has 5 unspecified atom stereocenters. The van der Waals surface area contributed by atoms with Gasteiger partial charge in [0, 0.05) is 59.1 Å². The predicted octanol–water partition coefficient (Wildman–Crippen LogP) is -4.24. The number of rotatable bonds is 4. The number of aliphatic hydroxyl groups excluding tert-OH is 2. The van der Waals surface area contributed by atoms with Gasteiger partial charge in [-0.1, -0.05) is 0 Å². The van der Waals surface area contributed by atoms with Crippen molar-refractivity contribution >= 4 is 91.1 Å². The third-order valence-electron chi connectivity index (χ3n) is 1.96. The van der Waals surface area contributed by atoms with Crippen molar-refractivity contribution in [2.45, 2.75) is 24.4 Å². The zero-order valence-corrected chi connectivity index (χ0v) is 16.6. The first-order valence-corrected chi connectivity index (χ1v) is 8.44. The van der Waals surface area contributed by atoms with Crippen LogP contribution < -0.4 is 0 Å². The summed E-state index contributed by atoms with van der Waals surface area (Å²) in [5.41, 5.74) is 0. The Bertz CT molecular complexity index is 388. The standard InChI is InChI=1S/C6H8O8.2Na.H2O.O.Sb/c7-1(3(9)5(11)12)2(8)4(10)6(13)14;;;;;/h1-4,7,9H,(H,11,12)(H,13,14);;;1H2;;/q-2;;;;;+3/p-1. The second-order valence-electron chi connectivity index (χ2n) is 3.18. The topological polar surface area (TPSA) is 171 Å². The molecule has 5 N–H and O–H groups in total. The van der Waals surface area contributed by atoms with E-state index in [1.165, 1.54) is 0 Å². The fraction of sp³-hybridized carbons (Fsp3) is 0.667. The Morgan fingerprint density at radius 3 is 1.95 bits per heavy atom. The molecule has 0 aromatic rings. The van der Waals surface area contributed by atoms with E-state index in [0.717, 1.165) is 0 Å². The van der Waals surface area contributed by atoms with Crippen molar-refractivity contribution in [3.63, 3.8) is 0 Å². The first-order chi connectivity index (χ1) is 7.65. The van der Waals surface area contributed by atoms with Crippen molar-refractivity contribution in [2.75, 3.05) is 0 Å². The Morgan fingerprint density at radius 1 is 1.11 bits per heavy atom. The summed E-state index contributed by atoms with van der Waals surface area (Å²) in [6.45, 7) is 0. The number of hydrogen-bond acceptors (Lipinski definition) is 7. The minimum Gasteiger partial charge on any atom is 0 e. The smallest absolute Gasteiger partial charge is 0 e. The van der Waals surface area contributed by atoms with Crippen LogP contribution in [0.5, 0.6) is 0 Å². The van der Waals surface area contributed by atoms with Crippen LogP contribution in [-0.2, 0) is 18.6 Å². The quantitative estimate of drug-likeness (QED) is 0.287. The number of carboxylic acid groups (broad SMARTS) is 2. The second-order valence-corrected chi connectivity index (χ2v) is 7.05. The van der Waals surface area contributed by atoms with Gasteiger partial charge in [0.15, 0.2) is 0 Å². The Kier molecular flexibility index (Phi) is 10.4. The van der Waals surface area contributed by atoms with Gasteiger partial charge in [-0.3, -0.25) is 0 Å². The predicted molar refractivity (Wildman–Crippen MR) is 57.2 cm³/mol. The molecular formula is C6H9Na2O10Sb. The maximum Gasteiger partial charge on any atom is 0 e. The molecule has 13 heteroatoms. The summed E-state index contributed by atoms with van der Waals surface area (Å²) in [6.07, 6.45) is -8.49. The van der Waals surface area contributed by atoms with E-state index < -0.39 is 56.4 Å². The van der Waals surface area contributed by atoms with Gasteiger partial charge in [-0.05, 0) is 0 Å². The largest absolute Gasteiger partial charge is 0 e. The average molecular weight is 409 g/mol. The van der Waals surface area contributed by atoms with Crippen LogP contribution in [0.4, 0.5) is 0 Å². The van der Waals surface area contributed by atoms with Crippen LogP contribution in [0.2, 0.25) is 0 Å². The molecule has 1 aliphatic rings. The Morgan fingerprint density at radius 2 is 1.58 bits per heavy atom. The molecule has 0 aromatic carbocycles. The van der Waals surface area contributed by atoms with Gasteiger partial charge in [0.25, 0.3) is 0 Å². The van der Waals surface area contributed by atoms with E-state index in [1.54, 1.807) is 0 Å².